The Morgan fingerprint density at radius 1 is 1.20 bits per heavy atom. The molecule has 1 heterocycles. The molecule has 0 spiro atoms. The number of carbonyl (C=O) groups excluding carboxylic acids is 1. The Labute approximate surface area is 151 Å². The van der Waals surface area contributed by atoms with Crippen molar-refractivity contribution >= 4 is 27.5 Å². The second kappa shape index (κ2) is 8.12. The molecule has 0 saturated heterocycles. The van der Waals surface area contributed by atoms with Gasteiger partial charge in [0.1, 0.15) is 5.75 Å². The summed E-state index contributed by atoms with van der Waals surface area (Å²) in [6.07, 6.45) is 2.12. The molecule has 2 aromatic carbocycles. The number of fused-ring (bicyclic) bond motifs is 1. The lowest BCUT2D eigenvalue weighted by atomic mass is 10.1. The molecule has 0 fully saturated rings. The summed E-state index contributed by atoms with van der Waals surface area (Å²) >= 11 is 1.55. The molecule has 25 heavy (non-hydrogen) atoms. The number of thiazole rings is 1. The highest BCUT2D eigenvalue weighted by Crippen LogP contribution is 2.23. The van der Waals surface area contributed by atoms with Crippen molar-refractivity contribution in [1.29, 1.82) is 0 Å². The van der Waals surface area contributed by atoms with Crippen LogP contribution in [-0.2, 0) is 17.8 Å². The lowest BCUT2D eigenvalue weighted by Gasteiger charge is -2.04. The maximum Gasteiger partial charge on any atom is 0.248 e. The molecule has 1 aromatic heterocycles. The molecule has 130 valence electrons. The third-order valence-corrected chi connectivity index (χ3v) is 5.09. The molecule has 3 aromatic rings. The molecule has 3 rings (SSSR count). The minimum atomic E-state index is -0.0766. The van der Waals surface area contributed by atoms with E-state index in [1.807, 2.05) is 48.5 Å². The van der Waals surface area contributed by atoms with Crippen LogP contribution in [0.3, 0.4) is 0 Å². The van der Waals surface area contributed by atoms with Crippen LogP contribution < -0.4 is 9.54 Å². The molecule has 0 radical (unpaired) electrons. The van der Waals surface area contributed by atoms with Crippen LogP contribution in [0.25, 0.3) is 10.2 Å². The molecule has 0 bridgehead atoms. The molecule has 4 nitrogen and oxygen atoms in total. The largest absolute Gasteiger partial charge is 0.497 e. The van der Waals surface area contributed by atoms with Crippen LogP contribution in [0.1, 0.15) is 25.3 Å². The number of rotatable bonds is 6. The summed E-state index contributed by atoms with van der Waals surface area (Å²) in [4.78, 5) is 17.5. The van der Waals surface area contributed by atoms with Crippen molar-refractivity contribution in [3.05, 3.63) is 58.9 Å². The second-order valence-electron chi connectivity index (χ2n) is 5.86. The normalized spacial score (nSPS) is 11.8. The molecule has 5 heteroatoms. The number of benzene rings is 2. The Kier molecular flexibility index (Phi) is 5.66. The fourth-order valence-electron chi connectivity index (χ4n) is 2.76. The molecular formula is C20H22N2O2S. The van der Waals surface area contributed by atoms with Gasteiger partial charge in [0.2, 0.25) is 5.91 Å². The number of ether oxygens (including phenoxy) is 1. The quantitative estimate of drug-likeness (QED) is 0.666. The van der Waals surface area contributed by atoms with E-state index in [-0.39, 0.29) is 5.91 Å². The van der Waals surface area contributed by atoms with Crippen LogP contribution in [0.15, 0.2) is 53.5 Å². The molecular weight excluding hydrogens is 332 g/mol. The first-order valence-corrected chi connectivity index (χ1v) is 9.31. The second-order valence-corrected chi connectivity index (χ2v) is 6.87. The van der Waals surface area contributed by atoms with Gasteiger partial charge in [0.15, 0.2) is 4.80 Å². The monoisotopic (exact) mass is 354 g/mol. The first kappa shape index (κ1) is 17.4. The van der Waals surface area contributed by atoms with Gasteiger partial charge >= 0.3 is 0 Å². The third kappa shape index (κ3) is 4.17. The van der Waals surface area contributed by atoms with Crippen LogP contribution >= 0.6 is 11.3 Å². The highest BCUT2D eigenvalue weighted by molar-refractivity contribution is 7.16. The molecule has 1 amide bonds. The number of nitrogens with zero attached hydrogens (tertiary/aromatic N) is 2. The van der Waals surface area contributed by atoms with E-state index in [1.165, 1.54) is 0 Å². The summed E-state index contributed by atoms with van der Waals surface area (Å²) in [7, 11) is 1.66. The van der Waals surface area contributed by atoms with E-state index in [0.29, 0.717) is 6.42 Å². The number of carbonyl (C=O) groups is 1. The molecule has 0 aliphatic carbocycles. The van der Waals surface area contributed by atoms with Crippen molar-refractivity contribution in [2.45, 2.75) is 32.7 Å². The summed E-state index contributed by atoms with van der Waals surface area (Å²) in [5.41, 5.74) is 2.23. The van der Waals surface area contributed by atoms with Crippen molar-refractivity contribution in [3.8, 4) is 5.75 Å². The zero-order valence-corrected chi connectivity index (χ0v) is 15.4. The number of hydrogen-bond acceptors (Lipinski definition) is 3. The Balaban J connectivity index is 1.89. The van der Waals surface area contributed by atoms with Gasteiger partial charge in [0.05, 0.1) is 17.3 Å². The van der Waals surface area contributed by atoms with Crippen molar-refractivity contribution in [3.63, 3.8) is 0 Å². The highest BCUT2D eigenvalue weighted by atomic mass is 32.1. The maximum absolute atomic E-state index is 12.3. The zero-order chi connectivity index (χ0) is 17.6. The number of hydrogen-bond donors (Lipinski definition) is 0. The third-order valence-electron chi connectivity index (χ3n) is 4.03. The summed E-state index contributed by atoms with van der Waals surface area (Å²) in [6, 6.07) is 16.0. The SMILES string of the molecule is CCCn1c(=NC(=O)CCc2ccccc2)sc2ccc(OC)cc21. The number of amides is 1. The van der Waals surface area contributed by atoms with Gasteiger partial charge in [-0.2, -0.15) is 4.99 Å². The fraction of sp³-hybridized carbons (Fsp3) is 0.300. The molecule has 0 N–H and O–H groups in total. The van der Waals surface area contributed by atoms with Gasteiger partial charge in [-0.3, -0.25) is 4.79 Å². The topological polar surface area (TPSA) is 43.6 Å². The minimum Gasteiger partial charge on any atom is -0.497 e. The zero-order valence-electron chi connectivity index (χ0n) is 14.6. The van der Waals surface area contributed by atoms with Crippen LogP contribution in [0.2, 0.25) is 0 Å². The van der Waals surface area contributed by atoms with Gasteiger partial charge in [-0.05, 0) is 30.5 Å². The molecule has 0 saturated carbocycles. The van der Waals surface area contributed by atoms with E-state index in [0.717, 1.165) is 45.7 Å². The smallest absolute Gasteiger partial charge is 0.248 e. The first-order chi connectivity index (χ1) is 12.2. The van der Waals surface area contributed by atoms with Crippen LogP contribution in [0, 0.1) is 0 Å². The first-order valence-electron chi connectivity index (χ1n) is 8.50. The number of aromatic nitrogens is 1. The van der Waals surface area contributed by atoms with Crippen molar-refractivity contribution in [2.75, 3.05) is 7.11 Å². The summed E-state index contributed by atoms with van der Waals surface area (Å²) in [6.45, 7) is 2.95. The van der Waals surface area contributed by atoms with E-state index in [1.54, 1.807) is 18.4 Å². The fourth-order valence-corrected chi connectivity index (χ4v) is 3.81. The van der Waals surface area contributed by atoms with E-state index >= 15 is 0 Å². The van der Waals surface area contributed by atoms with E-state index in [4.69, 9.17) is 4.74 Å². The van der Waals surface area contributed by atoms with Gasteiger partial charge in [0.25, 0.3) is 0 Å². The minimum absolute atomic E-state index is 0.0766. The number of methoxy groups -OCH3 is 1. The van der Waals surface area contributed by atoms with Crippen LogP contribution in [0.4, 0.5) is 0 Å². The summed E-state index contributed by atoms with van der Waals surface area (Å²) in [5, 5.41) is 0. The number of aryl methyl sites for hydroxylation is 2. The standard InChI is InChI=1S/C20H22N2O2S/c1-3-13-22-17-14-16(24-2)10-11-18(17)25-20(22)21-19(23)12-9-15-7-5-4-6-8-15/h4-8,10-11,14H,3,9,12-13H2,1-2H3. The summed E-state index contributed by atoms with van der Waals surface area (Å²) in [5.74, 6) is 0.740. The van der Waals surface area contributed by atoms with Gasteiger partial charge in [-0.15, -0.1) is 0 Å². The van der Waals surface area contributed by atoms with Crippen molar-refractivity contribution in [1.82, 2.24) is 4.57 Å². The Morgan fingerprint density at radius 3 is 2.72 bits per heavy atom. The lowest BCUT2D eigenvalue weighted by Crippen LogP contribution is -2.17. The van der Waals surface area contributed by atoms with Crippen LogP contribution in [0.5, 0.6) is 5.75 Å². The van der Waals surface area contributed by atoms with E-state index in [9.17, 15) is 4.79 Å². The molecule has 0 aliphatic rings. The van der Waals surface area contributed by atoms with E-state index < -0.39 is 0 Å². The van der Waals surface area contributed by atoms with Gasteiger partial charge in [-0.1, -0.05) is 48.6 Å². The highest BCUT2D eigenvalue weighted by Gasteiger charge is 2.09. The predicted octanol–water partition coefficient (Wildman–Crippen LogP) is 4.18. The van der Waals surface area contributed by atoms with Crippen LogP contribution in [-0.4, -0.2) is 17.6 Å². The predicted molar refractivity (Wildman–Crippen MR) is 102 cm³/mol. The Hall–Kier alpha value is -2.40. The van der Waals surface area contributed by atoms with Gasteiger partial charge in [-0.25, -0.2) is 0 Å². The summed E-state index contributed by atoms with van der Waals surface area (Å²) < 4.78 is 8.56. The van der Waals surface area contributed by atoms with E-state index in [2.05, 4.69) is 16.5 Å². The Bertz CT molecular complexity index is 926. The molecule has 0 unspecified atom stereocenters. The average Bonchev–Trinajstić information content (AvgIpc) is 2.97. The lowest BCUT2D eigenvalue weighted by molar-refractivity contribution is -0.118. The average molecular weight is 354 g/mol. The van der Waals surface area contributed by atoms with Crippen molar-refractivity contribution < 1.29 is 9.53 Å². The molecule has 0 aliphatic heterocycles. The van der Waals surface area contributed by atoms with Gasteiger partial charge < -0.3 is 9.30 Å². The molecule has 0 atom stereocenters. The Morgan fingerprint density at radius 2 is 2.00 bits per heavy atom. The van der Waals surface area contributed by atoms with Gasteiger partial charge in [0, 0.05) is 19.0 Å². The maximum atomic E-state index is 12.3. The van der Waals surface area contributed by atoms with Crippen molar-refractivity contribution in [2.24, 2.45) is 4.99 Å².